The van der Waals surface area contributed by atoms with Crippen LogP contribution in [0.3, 0.4) is 0 Å². The molecule has 1 aromatic rings. The number of nitriles is 1. The lowest BCUT2D eigenvalue weighted by atomic mass is 10.00. The van der Waals surface area contributed by atoms with E-state index in [2.05, 4.69) is 0 Å². The van der Waals surface area contributed by atoms with Gasteiger partial charge in [0.25, 0.3) is 0 Å². The van der Waals surface area contributed by atoms with E-state index in [1.54, 1.807) is 12.1 Å². The molecule has 0 aliphatic carbocycles. The van der Waals surface area contributed by atoms with Gasteiger partial charge in [-0.2, -0.15) is 5.26 Å². The minimum Gasteiger partial charge on any atom is -0.368 e. The fourth-order valence-corrected chi connectivity index (χ4v) is 2.51. The monoisotopic (exact) mass is 261 g/mol. The van der Waals surface area contributed by atoms with Crippen molar-refractivity contribution in [2.45, 2.75) is 31.8 Å². The van der Waals surface area contributed by atoms with Crippen LogP contribution in [0.2, 0.25) is 0 Å². The summed E-state index contributed by atoms with van der Waals surface area (Å²) in [6, 6.07) is 6.23. The summed E-state index contributed by atoms with van der Waals surface area (Å²) in [6.07, 6.45) is 2.66. The van der Waals surface area contributed by atoms with Gasteiger partial charge in [0, 0.05) is 12.1 Å². The molecule has 19 heavy (non-hydrogen) atoms. The van der Waals surface area contributed by atoms with Gasteiger partial charge in [0.05, 0.1) is 11.6 Å². The maximum absolute atomic E-state index is 14.0. The van der Waals surface area contributed by atoms with Gasteiger partial charge in [-0.05, 0) is 25.5 Å². The van der Waals surface area contributed by atoms with Crippen LogP contribution in [0.25, 0.3) is 0 Å². The van der Waals surface area contributed by atoms with Crippen LogP contribution in [0.15, 0.2) is 18.2 Å². The fraction of sp³-hybridized carbons (Fsp3) is 0.429. The molecular weight excluding hydrogens is 245 g/mol. The van der Waals surface area contributed by atoms with Gasteiger partial charge in [0.1, 0.15) is 11.9 Å². The molecule has 1 atom stereocenters. The van der Waals surface area contributed by atoms with Crippen molar-refractivity contribution >= 4 is 5.91 Å². The number of piperidine rings is 1. The van der Waals surface area contributed by atoms with E-state index < -0.39 is 5.82 Å². The van der Waals surface area contributed by atoms with E-state index >= 15 is 0 Å². The van der Waals surface area contributed by atoms with E-state index in [0.717, 1.165) is 25.8 Å². The molecule has 1 saturated heterocycles. The van der Waals surface area contributed by atoms with Crippen molar-refractivity contribution in [3.63, 3.8) is 0 Å². The number of benzene rings is 1. The number of carbonyl (C=O) groups is 1. The molecule has 100 valence electrons. The SMILES string of the molecule is N#Cc1cccc(CN2CCCCC2C(N)=O)c1F. The minimum atomic E-state index is -0.501. The van der Waals surface area contributed by atoms with E-state index in [0.29, 0.717) is 12.1 Å². The zero-order valence-electron chi connectivity index (χ0n) is 10.6. The molecule has 1 aromatic carbocycles. The van der Waals surface area contributed by atoms with Crippen LogP contribution in [-0.4, -0.2) is 23.4 Å². The maximum Gasteiger partial charge on any atom is 0.234 e. The number of halogens is 1. The van der Waals surface area contributed by atoms with E-state index in [9.17, 15) is 9.18 Å². The molecule has 1 amide bonds. The second kappa shape index (κ2) is 5.81. The molecule has 1 heterocycles. The molecule has 1 aliphatic heterocycles. The molecule has 2 N–H and O–H groups in total. The second-order valence-electron chi connectivity index (χ2n) is 4.77. The first-order valence-electron chi connectivity index (χ1n) is 6.34. The molecular formula is C14H16FN3O. The van der Waals surface area contributed by atoms with Crippen molar-refractivity contribution in [1.82, 2.24) is 4.90 Å². The first-order valence-corrected chi connectivity index (χ1v) is 6.34. The van der Waals surface area contributed by atoms with Crippen molar-refractivity contribution in [1.29, 1.82) is 5.26 Å². The predicted octanol–water partition coefficient (Wildman–Crippen LogP) is 1.54. The van der Waals surface area contributed by atoms with Crippen LogP contribution in [0, 0.1) is 17.1 Å². The minimum absolute atomic E-state index is 0.0325. The number of likely N-dealkylation sites (tertiary alicyclic amines) is 1. The Kier molecular flexibility index (Phi) is 4.13. The maximum atomic E-state index is 14.0. The smallest absolute Gasteiger partial charge is 0.234 e. The average Bonchev–Trinajstić information content (AvgIpc) is 2.41. The van der Waals surface area contributed by atoms with Crippen LogP contribution < -0.4 is 5.73 Å². The zero-order chi connectivity index (χ0) is 13.8. The van der Waals surface area contributed by atoms with Crippen LogP contribution in [0.4, 0.5) is 4.39 Å². The first kappa shape index (κ1) is 13.5. The van der Waals surface area contributed by atoms with Gasteiger partial charge in [-0.15, -0.1) is 0 Å². The predicted molar refractivity (Wildman–Crippen MR) is 68.4 cm³/mol. The number of carbonyl (C=O) groups excluding carboxylic acids is 1. The van der Waals surface area contributed by atoms with Gasteiger partial charge in [-0.25, -0.2) is 4.39 Å². The Morgan fingerprint density at radius 1 is 1.53 bits per heavy atom. The number of rotatable bonds is 3. The molecule has 1 unspecified atom stereocenters. The Hall–Kier alpha value is -1.93. The Bertz CT molecular complexity index is 524. The van der Waals surface area contributed by atoms with Crippen LogP contribution in [-0.2, 0) is 11.3 Å². The lowest BCUT2D eigenvalue weighted by Crippen LogP contribution is -2.47. The zero-order valence-corrected chi connectivity index (χ0v) is 10.6. The highest BCUT2D eigenvalue weighted by atomic mass is 19.1. The van der Waals surface area contributed by atoms with Crippen molar-refractivity contribution in [2.24, 2.45) is 5.73 Å². The molecule has 0 aromatic heterocycles. The number of hydrogen-bond acceptors (Lipinski definition) is 3. The Morgan fingerprint density at radius 3 is 3.00 bits per heavy atom. The Balaban J connectivity index is 2.20. The van der Waals surface area contributed by atoms with Crippen molar-refractivity contribution in [3.05, 3.63) is 35.1 Å². The van der Waals surface area contributed by atoms with Gasteiger partial charge in [-0.3, -0.25) is 9.69 Å². The van der Waals surface area contributed by atoms with Crippen molar-refractivity contribution in [2.75, 3.05) is 6.54 Å². The normalized spacial score (nSPS) is 19.9. The van der Waals surface area contributed by atoms with E-state index in [-0.39, 0.29) is 17.5 Å². The van der Waals surface area contributed by atoms with Crippen LogP contribution >= 0.6 is 0 Å². The third-order valence-electron chi connectivity index (χ3n) is 3.51. The molecule has 0 spiro atoms. The quantitative estimate of drug-likeness (QED) is 0.897. The van der Waals surface area contributed by atoms with Crippen molar-refractivity contribution < 1.29 is 9.18 Å². The molecule has 2 rings (SSSR count). The van der Waals surface area contributed by atoms with Crippen LogP contribution in [0.1, 0.15) is 30.4 Å². The van der Waals surface area contributed by atoms with Gasteiger partial charge in [-0.1, -0.05) is 18.6 Å². The topological polar surface area (TPSA) is 70.1 Å². The summed E-state index contributed by atoms with van der Waals surface area (Å²) in [7, 11) is 0. The van der Waals surface area contributed by atoms with E-state index in [4.69, 9.17) is 11.0 Å². The van der Waals surface area contributed by atoms with Crippen molar-refractivity contribution in [3.8, 4) is 6.07 Å². The number of primary amides is 1. The first-order chi connectivity index (χ1) is 9.13. The van der Waals surface area contributed by atoms with Gasteiger partial charge < -0.3 is 5.73 Å². The molecule has 0 saturated carbocycles. The summed E-state index contributed by atoms with van der Waals surface area (Å²) in [5.74, 6) is -0.865. The third kappa shape index (κ3) is 2.91. The molecule has 1 aliphatic rings. The molecule has 4 nitrogen and oxygen atoms in total. The highest BCUT2D eigenvalue weighted by molar-refractivity contribution is 5.79. The largest absolute Gasteiger partial charge is 0.368 e. The summed E-state index contributed by atoms with van der Waals surface area (Å²) in [5.41, 5.74) is 5.85. The molecule has 1 fully saturated rings. The van der Waals surface area contributed by atoms with Gasteiger partial charge in [0.2, 0.25) is 5.91 Å². The lowest BCUT2D eigenvalue weighted by Gasteiger charge is -2.33. The highest BCUT2D eigenvalue weighted by Crippen LogP contribution is 2.21. The van der Waals surface area contributed by atoms with Gasteiger partial charge in [0.15, 0.2) is 0 Å². The van der Waals surface area contributed by atoms with E-state index in [1.165, 1.54) is 6.07 Å². The highest BCUT2D eigenvalue weighted by Gasteiger charge is 2.27. The fourth-order valence-electron chi connectivity index (χ4n) is 2.51. The summed E-state index contributed by atoms with van der Waals surface area (Å²) in [4.78, 5) is 13.3. The molecule has 0 radical (unpaired) electrons. The summed E-state index contributed by atoms with van der Waals surface area (Å²) in [5, 5.41) is 8.81. The van der Waals surface area contributed by atoms with Crippen LogP contribution in [0.5, 0.6) is 0 Å². The Labute approximate surface area is 111 Å². The molecule has 0 bridgehead atoms. The number of nitrogens with zero attached hydrogens (tertiary/aromatic N) is 2. The number of hydrogen-bond donors (Lipinski definition) is 1. The number of nitrogens with two attached hydrogens (primary N) is 1. The van der Waals surface area contributed by atoms with Gasteiger partial charge >= 0.3 is 0 Å². The standard InChI is InChI=1S/C14H16FN3O/c15-13-10(8-16)4-3-5-11(13)9-18-7-2-1-6-12(18)14(17)19/h3-5,12H,1-2,6-7,9H2,(H2,17,19). The van der Waals surface area contributed by atoms with E-state index in [1.807, 2.05) is 11.0 Å². The lowest BCUT2D eigenvalue weighted by molar-refractivity contribution is -0.124. The average molecular weight is 261 g/mol. The second-order valence-corrected chi connectivity index (χ2v) is 4.77. The summed E-state index contributed by atoms with van der Waals surface area (Å²) < 4.78 is 14.0. The Morgan fingerprint density at radius 2 is 2.32 bits per heavy atom. The number of amides is 1. The summed E-state index contributed by atoms with van der Waals surface area (Å²) in [6.45, 7) is 1.04. The molecule has 5 heteroatoms. The summed E-state index contributed by atoms with van der Waals surface area (Å²) >= 11 is 0. The third-order valence-corrected chi connectivity index (χ3v) is 3.51.